The van der Waals surface area contributed by atoms with E-state index in [4.69, 9.17) is 32.9 Å². The fourth-order valence-corrected chi connectivity index (χ4v) is 4.70. The van der Waals surface area contributed by atoms with Crippen LogP contribution in [0.15, 0.2) is 71.5 Å². The van der Waals surface area contributed by atoms with Crippen molar-refractivity contribution in [3.8, 4) is 11.4 Å². The Morgan fingerprint density at radius 1 is 1.05 bits per heavy atom. The first-order valence-corrected chi connectivity index (χ1v) is 13.3. The Kier molecular flexibility index (Phi) is 8.92. The summed E-state index contributed by atoms with van der Waals surface area (Å²) >= 11 is 12.4. The van der Waals surface area contributed by atoms with Gasteiger partial charge in [-0.1, -0.05) is 49.0 Å². The number of ether oxygens (including phenoxy) is 1. The third kappa shape index (κ3) is 6.11. The van der Waals surface area contributed by atoms with Gasteiger partial charge in [-0.25, -0.2) is 9.78 Å². The topological polar surface area (TPSA) is 76.5 Å². The molecule has 0 aliphatic heterocycles. The molecule has 0 bridgehead atoms. The van der Waals surface area contributed by atoms with Crippen LogP contribution in [0.4, 0.5) is 10.5 Å². The second-order valence-electron chi connectivity index (χ2n) is 8.99. The Morgan fingerprint density at radius 3 is 2.47 bits per heavy atom. The molecule has 1 atom stereocenters. The Bertz CT molecular complexity index is 1490. The number of anilines is 1. The Morgan fingerprint density at radius 2 is 1.79 bits per heavy atom. The molecule has 198 valence electrons. The van der Waals surface area contributed by atoms with E-state index in [1.807, 2.05) is 6.92 Å². The maximum absolute atomic E-state index is 13.8. The van der Waals surface area contributed by atoms with E-state index in [-0.39, 0.29) is 11.6 Å². The maximum atomic E-state index is 13.8. The molecule has 0 fully saturated rings. The van der Waals surface area contributed by atoms with Crippen molar-refractivity contribution < 1.29 is 9.53 Å². The van der Waals surface area contributed by atoms with E-state index in [2.05, 4.69) is 12.2 Å². The standard InChI is InChI=1S/C29H30Cl2N4O3/c1-4-5-6-16-34(29(37)32-22-9-7-8-20(30)17-22)19(2)27-33-26-18-21(31)10-15-25(26)28(36)35(27)23-11-13-24(38-3)14-12-23/h7-15,17-19H,4-6,16H2,1-3H3,(H,32,37). The number of halogens is 2. The summed E-state index contributed by atoms with van der Waals surface area (Å²) in [4.78, 5) is 34.0. The number of hydrogen-bond acceptors (Lipinski definition) is 4. The van der Waals surface area contributed by atoms with E-state index in [1.165, 1.54) is 0 Å². The van der Waals surface area contributed by atoms with Crippen LogP contribution in [0.2, 0.25) is 10.0 Å². The first-order valence-electron chi connectivity index (χ1n) is 12.5. The van der Waals surface area contributed by atoms with Crippen LogP contribution in [0, 0.1) is 0 Å². The third-order valence-electron chi connectivity index (χ3n) is 6.37. The van der Waals surface area contributed by atoms with Gasteiger partial charge >= 0.3 is 6.03 Å². The van der Waals surface area contributed by atoms with Gasteiger partial charge in [0.1, 0.15) is 11.6 Å². The van der Waals surface area contributed by atoms with Crippen LogP contribution in [-0.2, 0) is 0 Å². The molecule has 0 saturated carbocycles. The van der Waals surface area contributed by atoms with E-state index >= 15 is 0 Å². The van der Waals surface area contributed by atoms with Crippen LogP contribution in [-0.4, -0.2) is 34.1 Å². The largest absolute Gasteiger partial charge is 0.497 e. The van der Waals surface area contributed by atoms with Crippen molar-refractivity contribution in [3.63, 3.8) is 0 Å². The molecule has 1 unspecified atom stereocenters. The lowest BCUT2D eigenvalue weighted by molar-refractivity contribution is 0.187. The monoisotopic (exact) mass is 552 g/mol. The van der Waals surface area contributed by atoms with E-state index in [0.29, 0.717) is 50.4 Å². The van der Waals surface area contributed by atoms with Crippen molar-refractivity contribution in [2.24, 2.45) is 0 Å². The number of benzene rings is 3. The van der Waals surface area contributed by atoms with E-state index in [0.717, 1.165) is 19.3 Å². The zero-order valence-corrected chi connectivity index (χ0v) is 23.1. The van der Waals surface area contributed by atoms with Gasteiger partial charge in [-0.05, 0) is 74.0 Å². The lowest BCUT2D eigenvalue weighted by Gasteiger charge is -2.31. The molecule has 0 aliphatic carbocycles. The van der Waals surface area contributed by atoms with Gasteiger partial charge in [0.25, 0.3) is 5.56 Å². The average Bonchev–Trinajstić information content (AvgIpc) is 2.90. The average molecular weight is 553 g/mol. The highest BCUT2D eigenvalue weighted by atomic mass is 35.5. The van der Waals surface area contributed by atoms with E-state index in [1.54, 1.807) is 83.3 Å². The van der Waals surface area contributed by atoms with Gasteiger partial charge in [-0.15, -0.1) is 0 Å². The predicted octanol–water partition coefficient (Wildman–Crippen LogP) is 7.49. The highest BCUT2D eigenvalue weighted by molar-refractivity contribution is 6.31. The fraction of sp³-hybridized carbons (Fsp3) is 0.276. The van der Waals surface area contributed by atoms with Crippen LogP contribution in [0.25, 0.3) is 16.6 Å². The minimum atomic E-state index is -0.552. The summed E-state index contributed by atoms with van der Waals surface area (Å²) in [5.74, 6) is 1.09. The number of carbonyl (C=O) groups excluding carboxylic acids is 1. The molecule has 0 aliphatic rings. The number of amides is 2. The summed E-state index contributed by atoms with van der Waals surface area (Å²) in [6, 6.07) is 18.3. The molecule has 0 saturated heterocycles. The number of hydrogen-bond donors (Lipinski definition) is 1. The smallest absolute Gasteiger partial charge is 0.322 e. The molecule has 0 spiro atoms. The number of aromatic nitrogens is 2. The van der Waals surface area contributed by atoms with Crippen LogP contribution < -0.4 is 15.6 Å². The summed E-state index contributed by atoms with van der Waals surface area (Å²) in [7, 11) is 1.59. The highest BCUT2D eigenvalue weighted by Crippen LogP contribution is 2.26. The lowest BCUT2D eigenvalue weighted by atomic mass is 10.1. The Labute approximate surface area is 232 Å². The quantitative estimate of drug-likeness (QED) is 0.218. The van der Waals surface area contributed by atoms with Gasteiger partial charge < -0.3 is 15.0 Å². The van der Waals surface area contributed by atoms with Crippen LogP contribution >= 0.6 is 23.2 Å². The van der Waals surface area contributed by atoms with E-state index < -0.39 is 6.04 Å². The molecular weight excluding hydrogens is 523 g/mol. The summed E-state index contributed by atoms with van der Waals surface area (Å²) in [5, 5.41) is 4.38. The van der Waals surface area contributed by atoms with Crippen molar-refractivity contribution in [3.05, 3.63) is 93.0 Å². The van der Waals surface area contributed by atoms with Crippen molar-refractivity contribution >= 4 is 45.8 Å². The zero-order valence-electron chi connectivity index (χ0n) is 21.6. The van der Waals surface area contributed by atoms with E-state index in [9.17, 15) is 9.59 Å². The molecule has 1 heterocycles. The third-order valence-corrected chi connectivity index (χ3v) is 6.84. The Hall–Kier alpha value is -3.55. The highest BCUT2D eigenvalue weighted by Gasteiger charge is 2.27. The molecule has 2 amide bonds. The first kappa shape index (κ1) is 27.5. The predicted molar refractivity (Wildman–Crippen MR) is 154 cm³/mol. The number of unbranched alkanes of at least 4 members (excludes halogenated alkanes) is 2. The van der Waals surface area contributed by atoms with Crippen molar-refractivity contribution in [2.45, 2.75) is 39.2 Å². The molecule has 4 aromatic rings. The molecule has 0 radical (unpaired) electrons. The first-order chi connectivity index (χ1) is 18.3. The molecule has 1 aromatic heterocycles. The molecule has 38 heavy (non-hydrogen) atoms. The molecule has 7 nitrogen and oxygen atoms in total. The number of rotatable bonds is 9. The SMILES string of the molecule is CCCCCN(C(=O)Nc1cccc(Cl)c1)C(C)c1nc2cc(Cl)ccc2c(=O)n1-c1ccc(OC)cc1. The molecule has 4 rings (SSSR count). The molecular formula is C29H30Cl2N4O3. The van der Waals surface area contributed by atoms with Crippen LogP contribution in [0.1, 0.15) is 45.0 Å². The molecule has 3 aromatic carbocycles. The second kappa shape index (κ2) is 12.3. The van der Waals surface area contributed by atoms with Gasteiger partial charge in [0.15, 0.2) is 0 Å². The minimum Gasteiger partial charge on any atom is -0.497 e. The number of methoxy groups -OCH3 is 1. The van der Waals surface area contributed by atoms with Gasteiger partial charge in [0, 0.05) is 22.3 Å². The van der Waals surface area contributed by atoms with Crippen molar-refractivity contribution in [1.29, 1.82) is 0 Å². The normalized spacial score (nSPS) is 11.8. The lowest BCUT2D eigenvalue weighted by Crippen LogP contribution is -2.40. The second-order valence-corrected chi connectivity index (χ2v) is 9.86. The fourth-order valence-electron chi connectivity index (χ4n) is 4.34. The number of fused-ring (bicyclic) bond motifs is 1. The number of nitrogens with one attached hydrogen (secondary N) is 1. The Balaban J connectivity index is 1.83. The molecule has 1 N–H and O–H groups in total. The van der Waals surface area contributed by atoms with Crippen LogP contribution in [0.5, 0.6) is 5.75 Å². The summed E-state index contributed by atoms with van der Waals surface area (Å²) < 4.78 is 6.85. The zero-order chi connectivity index (χ0) is 27.2. The van der Waals surface area contributed by atoms with Gasteiger partial charge in [0.05, 0.1) is 29.7 Å². The number of urea groups is 1. The van der Waals surface area contributed by atoms with Gasteiger partial charge in [-0.2, -0.15) is 0 Å². The summed E-state index contributed by atoms with van der Waals surface area (Å²) in [6.45, 7) is 4.46. The molecule has 9 heteroatoms. The van der Waals surface area contributed by atoms with Gasteiger partial charge in [-0.3, -0.25) is 9.36 Å². The van der Waals surface area contributed by atoms with Gasteiger partial charge in [0.2, 0.25) is 0 Å². The summed E-state index contributed by atoms with van der Waals surface area (Å²) in [6.07, 6.45) is 2.76. The van der Waals surface area contributed by atoms with Crippen molar-refractivity contribution in [2.75, 3.05) is 19.0 Å². The minimum absolute atomic E-state index is 0.248. The maximum Gasteiger partial charge on any atom is 0.322 e. The van der Waals surface area contributed by atoms with Crippen LogP contribution in [0.3, 0.4) is 0 Å². The number of nitrogens with zero attached hydrogens (tertiary/aromatic N) is 3. The number of carbonyl (C=O) groups is 1. The van der Waals surface area contributed by atoms with Crippen molar-refractivity contribution in [1.82, 2.24) is 14.5 Å². The summed E-state index contributed by atoms with van der Waals surface area (Å²) in [5.41, 5.74) is 1.42.